The highest BCUT2D eigenvalue weighted by Crippen LogP contribution is 2.18. The fourth-order valence-corrected chi connectivity index (χ4v) is 1.81. The van der Waals surface area contributed by atoms with Gasteiger partial charge in [-0.15, -0.1) is 10.2 Å². The Hall–Kier alpha value is -2.32. The predicted octanol–water partition coefficient (Wildman–Crippen LogP) is 1.74. The molecule has 0 unspecified atom stereocenters. The van der Waals surface area contributed by atoms with E-state index >= 15 is 0 Å². The first-order valence-corrected chi connectivity index (χ1v) is 6.87. The molecular formula is C13H17F3N6. The van der Waals surface area contributed by atoms with Crippen LogP contribution >= 0.6 is 0 Å². The molecule has 9 heteroatoms. The standard InChI is InChI=1S/C13H17F3N6/c1-2-17-12(18-7-6-13(14,15)16)19-9-11-21-20-10-5-3-4-8-22(10)11/h3-5,8H,2,6-7,9H2,1H3,(H2,17,18,19). The van der Waals surface area contributed by atoms with Crippen LogP contribution in [0.2, 0.25) is 0 Å². The Morgan fingerprint density at radius 3 is 2.82 bits per heavy atom. The van der Waals surface area contributed by atoms with Gasteiger partial charge in [-0.1, -0.05) is 6.07 Å². The zero-order valence-electron chi connectivity index (χ0n) is 12.1. The van der Waals surface area contributed by atoms with E-state index < -0.39 is 12.6 Å². The van der Waals surface area contributed by atoms with Crippen LogP contribution in [0.5, 0.6) is 0 Å². The van der Waals surface area contributed by atoms with Gasteiger partial charge in [-0.05, 0) is 19.1 Å². The lowest BCUT2D eigenvalue weighted by molar-refractivity contribution is -0.132. The van der Waals surface area contributed by atoms with E-state index in [1.54, 1.807) is 4.40 Å². The number of hydrogen-bond donors (Lipinski definition) is 2. The monoisotopic (exact) mass is 314 g/mol. The molecule has 0 aromatic carbocycles. The number of guanidine groups is 1. The molecule has 2 aromatic rings. The third-order valence-corrected chi connectivity index (χ3v) is 2.81. The van der Waals surface area contributed by atoms with Gasteiger partial charge in [-0.25, -0.2) is 4.99 Å². The Bertz CT molecular complexity index is 634. The van der Waals surface area contributed by atoms with Gasteiger partial charge in [0.1, 0.15) is 6.54 Å². The van der Waals surface area contributed by atoms with Crippen LogP contribution in [0.4, 0.5) is 13.2 Å². The minimum atomic E-state index is -4.19. The summed E-state index contributed by atoms with van der Waals surface area (Å²) < 4.78 is 38.2. The molecule has 22 heavy (non-hydrogen) atoms. The van der Waals surface area contributed by atoms with Gasteiger partial charge in [-0.2, -0.15) is 13.2 Å². The maximum atomic E-state index is 12.2. The fourth-order valence-electron chi connectivity index (χ4n) is 1.81. The molecule has 0 atom stereocenters. The second-order valence-corrected chi connectivity index (χ2v) is 4.53. The number of hydrogen-bond acceptors (Lipinski definition) is 3. The molecule has 0 fully saturated rings. The molecule has 2 heterocycles. The van der Waals surface area contributed by atoms with Crippen LogP contribution < -0.4 is 10.6 Å². The van der Waals surface area contributed by atoms with Crippen molar-refractivity contribution in [2.75, 3.05) is 13.1 Å². The number of rotatable bonds is 5. The summed E-state index contributed by atoms with van der Waals surface area (Å²) in [6, 6.07) is 5.50. The Morgan fingerprint density at radius 2 is 2.09 bits per heavy atom. The summed E-state index contributed by atoms with van der Waals surface area (Å²) in [6.45, 7) is 2.38. The van der Waals surface area contributed by atoms with Crippen LogP contribution in [-0.2, 0) is 6.54 Å². The number of aromatic nitrogens is 3. The molecule has 6 nitrogen and oxygen atoms in total. The Morgan fingerprint density at radius 1 is 1.27 bits per heavy atom. The second kappa shape index (κ2) is 7.10. The van der Waals surface area contributed by atoms with Gasteiger partial charge in [0.05, 0.1) is 6.42 Å². The summed E-state index contributed by atoms with van der Waals surface area (Å²) in [5.41, 5.74) is 0.697. The van der Waals surface area contributed by atoms with Crippen molar-refractivity contribution in [3.05, 3.63) is 30.2 Å². The lowest BCUT2D eigenvalue weighted by Gasteiger charge is -2.12. The third-order valence-electron chi connectivity index (χ3n) is 2.81. The number of halogens is 3. The van der Waals surface area contributed by atoms with E-state index in [0.29, 0.717) is 24.0 Å². The minimum Gasteiger partial charge on any atom is -0.357 e. The smallest absolute Gasteiger partial charge is 0.357 e. The van der Waals surface area contributed by atoms with Crippen molar-refractivity contribution in [3.63, 3.8) is 0 Å². The molecule has 120 valence electrons. The van der Waals surface area contributed by atoms with E-state index in [-0.39, 0.29) is 13.1 Å². The summed E-state index contributed by atoms with van der Waals surface area (Å²) in [5.74, 6) is 0.933. The molecule has 0 aliphatic carbocycles. The van der Waals surface area contributed by atoms with Crippen LogP contribution in [0.3, 0.4) is 0 Å². The first-order valence-electron chi connectivity index (χ1n) is 6.87. The number of nitrogens with zero attached hydrogens (tertiary/aromatic N) is 4. The Kier molecular flexibility index (Phi) is 5.18. The van der Waals surface area contributed by atoms with Crippen molar-refractivity contribution in [1.29, 1.82) is 0 Å². The van der Waals surface area contributed by atoms with Crippen molar-refractivity contribution >= 4 is 11.6 Å². The summed E-state index contributed by atoms with van der Waals surface area (Å²) >= 11 is 0. The van der Waals surface area contributed by atoms with E-state index in [9.17, 15) is 13.2 Å². The zero-order chi connectivity index (χ0) is 16.0. The van der Waals surface area contributed by atoms with Gasteiger partial charge < -0.3 is 10.6 Å². The molecule has 2 rings (SSSR count). The molecule has 0 aliphatic rings. The lowest BCUT2D eigenvalue weighted by atomic mass is 10.4. The van der Waals surface area contributed by atoms with E-state index in [2.05, 4.69) is 25.8 Å². The number of aliphatic imine (C=N–C) groups is 1. The molecule has 0 bridgehead atoms. The lowest BCUT2D eigenvalue weighted by Crippen LogP contribution is -2.38. The van der Waals surface area contributed by atoms with Gasteiger partial charge in [0.15, 0.2) is 17.4 Å². The van der Waals surface area contributed by atoms with Crippen molar-refractivity contribution in [3.8, 4) is 0 Å². The van der Waals surface area contributed by atoms with Gasteiger partial charge in [-0.3, -0.25) is 4.40 Å². The van der Waals surface area contributed by atoms with Crippen molar-refractivity contribution in [2.45, 2.75) is 26.1 Å². The van der Waals surface area contributed by atoms with Crippen LogP contribution in [0, 0.1) is 0 Å². The maximum absolute atomic E-state index is 12.2. The summed E-state index contributed by atoms with van der Waals surface area (Å²) in [4.78, 5) is 4.23. The number of fused-ring (bicyclic) bond motifs is 1. The predicted molar refractivity (Wildman–Crippen MR) is 76.5 cm³/mol. The molecular weight excluding hydrogens is 297 g/mol. The van der Waals surface area contributed by atoms with E-state index in [4.69, 9.17) is 0 Å². The molecule has 0 aliphatic heterocycles. The minimum absolute atomic E-state index is 0.215. The SMILES string of the molecule is CCNC(=NCc1nnc2ccccn12)NCCC(F)(F)F. The van der Waals surface area contributed by atoms with Crippen LogP contribution in [-0.4, -0.2) is 39.8 Å². The van der Waals surface area contributed by atoms with Crippen LogP contribution in [0.25, 0.3) is 5.65 Å². The first-order chi connectivity index (χ1) is 10.5. The average molecular weight is 314 g/mol. The molecule has 0 saturated heterocycles. The number of nitrogens with one attached hydrogen (secondary N) is 2. The molecule has 2 aromatic heterocycles. The van der Waals surface area contributed by atoms with Crippen molar-refractivity contribution < 1.29 is 13.2 Å². The maximum Gasteiger partial charge on any atom is 0.390 e. The Balaban J connectivity index is 2.00. The number of alkyl halides is 3. The summed E-state index contributed by atoms with van der Waals surface area (Å²) in [7, 11) is 0. The van der Waals surface area contributed by atoms with E-state index in [1.807, 2.05) is 31.3 Å². The van der Waals surface area contributed by atoms with Crippen LogP contribution in [0.1, 0.15) is 19.2 Å². The average Bonchev–Trinajstić information content (AvgIpc) is 2.87. The van der Waals surface area contributed by atoms with E-state index in [1.165, 1.54) is 0 Å². The van der Waals surface area contributed by atoms with Gasteiger partial charge in [0, 0.05) is 19.3 Å². The van der Waals surface area contributed by atoms with Crippen LogP contribution in [0.15, 0.2) is 29.4 Å². The molecule has 0 amide bonds. The highest BCUT2D eigenvalue weighted by Gasteiger charge is 2.26. The largest absolute Gasteiger partial charge is 0.390 e. The van der Waals surface area contributed by atoms with Crippen molar-refractivity contribution in [2.24, 2.45) is 4.99 Å². The molecule has 0 saturated carbocycles. The highest BCUT2D eigenvalue weighted by atomic mass is 19.4. The fraction of sp³-hybridized carbons (Fsp3) is 0.462. The first kappa shape index (κ1) is 16.1. The summed E-state index contributed by atoms with van der Waals surface area (Å²) in [5, 5.41) is 13.6. The zero-order valence-corrected chi connectivity index (χ0v) is 12.1. The summed E-state index contributed by atoms with van der Waals surface area (Å²) in [6.07, 6.45) is -3.29. The third kappa shape index (κ3) is 4.61. The quantitative estimate of drug-likeness (QED) is 0.652. The molecule has 2 N–H and O–H groups in total. The number of pyridine rings is 1. The van der Waals surface area contributed by atoms with E-state index in [0.717, 1.165) is 0 Å². The second-order valence-electron chi connectivity index (χ2n) is 4.53. The van der Waals surface area contributed by atoms with Gasteiger partial charge in [0.25, 0.3) is 0 Å². The van der Waals surface area contributed by atoms with Gasteiger partial charge >= 0.3 is 6.18 Å². The highest BCUT2D eigenvalue weighted by molar-refractivity contribution is 5.79. The normalized spacial score (nSPS) is 12.6. The Labute approximate surface area is 125 Å². The van der Waals surface area contributed by atoms with Gasteiger partial charge in [0.2, 0.25) is 0 Å². The van der Waals surface area contributed by atoms with Crippen molar-refractivity contribution in [1.82, 2.24) is 25.2 Å². The topological polar surface area (TPSA) is 66.6 Å². The molecule has 0 spiro atoms. The molecule has 0 radical (unpaired) electrons.